The van der Waals surface area contributed by atoms with Gasteiger partial charge in [-0.1, -0.05) is 26.0 Å². The molecule has 0 heterocycles. The highest BCUT2D eigenvalue weighted by atomic mass is 16.5. The number of nitrogens with zero attached hydrogens (tertiary/aromatic N) is 1. The van der Waals surface area contributed by atoms with Crippen LogP contribution in [0.2, 0.25) is 0 Å². The van der Waals surface area contributed by atoms with Crippen molar-refractivity contribution in [1.29, 1.82) is 0 Å². The number of likely N-dealkylation sites (N-methyl/N-ethyl adjacent to an activating group) is 1. The molecule has 0 fully saturated rings. The molecule has 0 unspecified atom stereocenters. The van der Waals surface area contributed by atoms with Crippen LogP contribution in [0.1, 0.15) is 30.9 Å². The molecule has 0 bridgehead atoms. The zero-order chi connectivity index (χ0) is 12.1. The van der Waals surface area contributed by atoms with Gasteiger partial charge >= 0.3 is 0 Å². The number of ether oxygens (including phenoxy) is 1. The summed E-state index contributed by atoms with van der Waals surface area (Å²) in [4.78, 5) is 0. The van der Waals surface area contributed by atoms with E-state index in [1.165, 1.54) is 11.1 Å². The number of hydrogen-bond acceptors (Lipinski definition) is 3. The third-order valence-electron chi connectivity index (χ3n) is 2.70. The number of hydrogen-bond donors (Lipinski definition) is 1. The molecule has 3 nitrogen and oxygen atoms in total. The second kappa shape index (κ2) is 5.87. The minimum Gasteiger partial charge on any atom is -0.496 e. The lowest BCUT2D eigenvalue weighted by Crippen LogP contribution is -2.28. The van der Waals surface area contributed by atoms with Gasteiger partial charge in [0.15, 0.2) is 0 Å². The fourth-order valence-corrected chi connectivity index (χ4v) is 1.65. The number of rotatable bonds is 5. The van der Waals surface area contributed by atoms with Gasteiger partial charge in [-0.3, -0.25) is 5.84 Å². The third-order valence-corrected chi connectivity index (χ3v) is 2.70. The Morgan fingerprint density at radius 2 is 2.06 bits per heavy atom. The van der Waals surface area contributed by atoms with Crippen molar-refractivity contribution in [3.63, 3.8) is 0 Å². The molecule has 1 aromatic rings. The normalized spacial score (nSPS) is 11.2. The minimum atomic E-state index is 0.542. The molecular formula is C13H22N2O. The summed E-state index contributed by atoms with van der Waals surface area (Å²) in [6.07, 6.45) is 0.913. The van der Waals surface area contributed by atoms with E-state index in [9.17, 15) is 0 Å². The van der Waals surface area contributed by atoms with Crippen molar-refractivity contribution in [2.24, 2.45) is 5.84 Å². The summed E-state index contributed by atoms with van der Waals surface area (Å²) in [7, 11) is 3.58. The SMILES string of the molecule is COc1ccc(C(C)C)cc1CCN(C)N. The highest BCUT2D eigenvalue weighted by Crippen LogP contribution is 2.24. The molecule has 0 aliphatic heterocycles. The maximum absolute atomic E-state index is 5.62. The van der Waals surface area contributed by atoms with Crippen molar-refractivity contribution >= 4 is 0 Å². The summed E-state index contributed by atoms with van der Waals surface area (Å²) in [6, 6.07) is 6.38. The Bertz CT molecular complexity index is 335. The number of nitrogens with two attached hydrogens (primary N) is 1. The summed E-state index contributed by atoms with van der Waals surface area (Å²) in [5.74, 6) is 7.11. The van der Waals surface area contributed by atoms with E-state index in [0.717, 1.165) is 18.7 Å². The Morgan fingerprint density at radius 3 is 2.56 bits per heavy atom. The molecule has 16 heavy (non-hydrogen) atoms. The first-order valence-corrected chi connectivity index (χ1v) is 5.67. The number of benzene rings is 1. The molecule has 0 radical (unpaired) electrons. The first-order valence-electron chi connectivity index (χ1n) is 5.67. The average molecular weight is 222 g/mol. The first-order chi connectivity index (χ1) is 7.54. The van der Waals surface area contributed by atoms with Crippen LogP contribution >= 0.6 is 0 Å². The Morgan fingerprint density at radius 1 is 1.38 bits per heavy atom. The molecule has 1 aromatic carbocycles. The van der Waals surface area contributed by atoms with Crippen LogP contribution in [-0.2, 0) is 6.42 Å². The van der Waals surface area contributed by atoms with Gasteiger partial charge < -0.3 is 4.74 Å². The maximum atomic E-state index is 5.62. The molecule has 90 valence electrons. The van der Waals surface area contributed by atoms with Crippen LogP contribution < -0.4 is 10.6 Å². The second-order valence-corrected chi connectivity index (χ2v) is 4.46. The monoisotopic (exact) mass is 222 g/mol. The van der Waals surface area contributed by atoms with E-state index in [1.54, 1.807) is 12.1 Å². The van der Waals surface area contributed by atoms with Crippen molar-refractivity contribution in [1.82, 2.24) is 5.01 Å². The molecule has 0 saturated carbocycles. The van der Waals surface area contributed by atoms with Gasteiger partial charge in [0, 0.05) is 13.6 Å². The van der Waals surface area contributed by atoms with Crippen LogP contribution in [-0.4, -0.2) is 25.7 Å². The smallest absolute Gasteiger partial charge is 0.122 e. The molecule has 3 heteroatoms. The highest BCUT2D eigenvalue weighted by Gasteiger charge is 2.07. The van der Waals surface area contributed by atoms with Crippen molar-refractivity contribution in [3.8, 4) is 5.75 Å². The van der Waals surface area contributed by atoms with Crippen molar-refractivity contribution in [2.45, 2.75) is 26.2 Å². The number of hydrazine groups is 1. The lowest BCUT2D eigenvalue weighted by atomic mass is 9.99. The Labute approximate surface area is 98.2 Å². The van der Waals surface area contributed by atoms with E-state index in [4.69, 9.17) is 10.6 Å². The highest BCUT2D eigenvalue weighted by molar-refractivity contribution is 5.38. The molecule has 1 rings (SSSR count). The summed E-state index contributed by atoms with van der Waals surface area (Å²) in [6.45, 7) is 5.22. The van der Waals surface area contributed by atoms with Gasteiger partial charge in [-0.2, -0.15) is 0 Å². The van der Waals surface area contributed by atoms with E-state index in [-0.39, 0.29) is 0 Å². The zero-order valence-electron chi connectivity index (χ0n) is 10.7. The third kappa shape index (κ3) is 3.51. The Balaban J connectivity index is 2.88. The summed E-state index contributed by atoms with van der Waals surface area (Å²) < 4.78 is 5.35. The maximum Gasteiger partial charge on any atom is 0.122 e. The van der Waals surface area contributed by atoms with Crippen LogP contribution in [0.5, 0.6) is 5.75 Å². The van der Waals surface area contributed by atoms with E-state index < -0.39 is 0 Å². The van der Waals surface area contributed by atoms with Crippen molar-refractivity contribution in [3.05, 3.63) is 29.3 Å². The van der Waals surface area contributed by atoms with E-state index in [2.05, 4.69) is 26.0 Å². The van der Waals surface area contributed by atoms with Gasteiger partial charge in [0.05, 0.1) is 7.11 Å². The van der Waals surface area contributed by atoms with Crippen LogP contribution in [0.25, 0.3) is 0 Å². The van der Waals surface area contributed by atoms with Gasteiger partial charge in [0.25, 0.3) is 0 Å². The molecule has 0 spiro atoms. The Hall–Kier alpha value is -1.06. The van der Waals surface area contributed by atoms with Crippen LogP contribution in [0.4, 0.5) is 0 Å². The topological polar surface area (TPSA) is 38.5 Å². The zero-order valence-corrected chi connectivity index (χ0v) is 10.7. The molecular weight excluding hydrogens is 200 g/mol. The van der Waals surface area contributed by atoms with Gasteiger partial charge in [-0.05, 0) is 29.5 Å². The number of methoxy groups -OCH3 is 1. The van der Waals surface area contributed by atoms with Crippen LogP contribution in [0, 0.1) is 0 Å². The lowest BCUT2D eigenvalue weighted by molar-refractivity contribution is 0.349. The molecule has 0 aliphatic rings. The summed E-state index contributed by atoms with van der Waals surface area (Å²) >= 11 is 0. The van der Waals surface area contributed by atoms with Crippen molar-refractivity contribution in [2.75, 3.05) is 20.7 Å². The fourth-order valence-electron chi connectivity index (χ4n) is 1.65. The van der Waals surface area contributed by atoms with E-state index in [1.807, 2.05) is 13.1 Å². The molecule has 0 aliphatic carbocycles. The van der Waals surface area contributed by atoms with Crippen LogP contribution in [0.15, 0.2) is 18.2 Å². The predicted octanol–water partition coefficient (Wildman–Crippen LogP) is 2.17. The molecule has 2 N–H and O–H groups in total. The lowest BCUT2D eigenvalue weighted by Gasteiger charge is -2.14. The summed E-state index contributed by atoms with van der Waals surface area (Å²) in [5, 5.41) is 1.70. The van der Waals surface area contributed by atoms with Crippen molar-refractivity contribution < 1.29 is 4.74 Å². The predicted molar refractivity (Wildman–Crippen MR) is 67.6 cm³/mol. The van der Waals surface area contributed by atoms with Gasteiger partial charge in [-0.25, -0.2) is 5.01 Å². The van der Waals surface area contributed by atoms with E-state index >= 15 is 0 Å². The Kier molecular flexibility index (Phi) is 4.77. The van der Waals surface area contributed by atoms with Gasteiger partial charge in [-0.15, -0.1) is 0 Å². The quantitative estimate of drug-likeness (QED) is 0.613. The fraction of sp³-hybridized carbons (Fsp3) is 0.538. The van der Waals surface area contributed by atoms with E-state index in [0.29, 0.717) is 5.92 Å². The first kappa shape index (κ1) is 13.0. The molecule has 0 amide bonds. The minimum absolute atomic E-state index is 0.542. The molecule has 0 aromatic heterocycles. The molecule has 0 atom stereocenters. The standard InChI is InChI=1S/C13H22N2O/c1-10(2)11-5-6-13(16-4)12(9-11)7-8-15(3)14/h5-6,9-10H,7-8,14H2,1-4H3. The summed E-state index contributed by atoms with van der Waals surface area (Å²) in [5.41, 5.74) is 2.57. The average Bonchev–Trinajstić information content (AvgIpc) is 2.25. The van der Waals surface area contributed by atoms with Crippen LogP contribution in [0.3, 0.4) is 0 Å². The van der Waals surface area contributed by atoms with Gasteiger partial charge in [0.2, 0.25) is 0 Å². The largest absolute Gasteiger partial charge is 0.496 e. The molecule has 0 saturated heterocycles. The van der Waals surface area contributed by atoms with Gasteiger partial charge in [0.1, 0.15) is 5.75 Å². The second-order valence-electron chi connectivity index (χ2n) is 4.46.